The lowest BCUT2D eigenvalue weighted by atomic mass is 10.0. The van der Waals surface area contributed by atoms with E-state index in [1.165, 1.54) is 0 Å². The monoisotopic (exact) mass is 335 g/mol. The van der Waals surface area contributed by atoms with Gasteiger partial charge in [0.25, 0.3) is 0 Å². The average molecular weight is 336 g/mol. The predicted octanol–water partition coefficient (Wildman–Crippen LogP) is 2.04. The number of imide groups is 1. The van der Waals surface area contributed by atoms with E-state index < -0.39 is 0 Å². The average Bonchev–Trinajstić information content (AvgIpc) is 2.37. The molecule has 2 aliphatic heterocycles. The van der Waals surface area contributed by atoms with Crippen LogP contribution in [0.2, 0.25) is 0 Å². The van der Waals surface area contributed by atoms with Crippen molar-refractivity contribution in [1.29, 1.82) is 0 Å². The molecule has 1 saturated heterocycles. The van der Waals surface area contributed by atoms with E-state index in [9.17, 15) is 9.59 Å². The highest BCUT2D eigenvalue weighted by Crippen LogP contribution is 2.34. The summed E-state index contributed by atoms with van der Waals surface area (Å²) in [5.41, 5.74) is 3.15. The number of halogens is 1. The minimum Gasteiger partial charge on any atom is -0.346 e. The maximum absolute atomic E-state index is 11.9. The molecule has 5 nitrogen and oxygen atoms in total. The lowest BCUT2D eigenvalue weighted by Gasteiger charge is -2.33. The van der Waals surface area contributed by atoms with Crippen molar-refractivity contribution in [2.75, 3.05) is 0 Å². The van der Waals surface area contributed by atoms with E-state index in [1.807, 2.05) is 17.9 Å². The molecule has 1 unspecified atom stereocenters. The first-order valence-electron chi connectivity index (χ1n) is 6.47. The SMILES string of the molecule is Cc1cc(Br)c2c(c1)CN(C1CCC(=O)NC1=O)C=N2. The summed E-state index contributed by atoms with van der Waals surface area (Å²) in [6.45, 7) is 2.66. The van der Waals surface area contributed by atoms with Gasteiger partial charge in [-0.1, -0.05) is 6.07 Å². The Kier molecular flexibility index (Phi) is 3.33. The molecule has 2 aliphatic rings. The standard InChI is InChI=1S/C14H14BrN3O2/c1-8-4-9-6-18(7-16-13(9)10(15)5-8)11-2-3-12(19)17-14(11)20/h4-5,7,11H,2-3,6H2,1H3,(H,17,19,20). The molecule has 0 spiro atoms. The third kappa shape index (κ3) is 2.35. The van der Waals surface area contributed by atoms with Gasteiger partial charge in [0, 0.05) is 17.4 Å². The Bertz CT molecular complexity index is 627. The van der Waals surface area contributed by atoms with Crippen molar-refractivity contribution in [3.8, 4) is 0 Å². The molecule has 1 aromatic rings. The van der Waals surface area contributed by atoms with Gasteiger partial charge in [-0.05, 0) is 46.5 Å². The van der Waals surface area contributed by atoms with Crippen molar-refractivity contribution >= 4 is 39.8 Å². The van der Waals surface area contributed by atoms with Crippen LogP contribution in [0.3, 0.4) is 0 Å². The van der Waals surface area contributed by atoms with Gasteiger partial charge in [0.05, 0.1) is 12.0 Å². The van der Waals surface area contributed by atoms with Crippen LogP contribution < -0.4 is 5.32 Å². The van der Waals surface area contributed by atoms with Crippen molar-refractivity contribution in [3.63, 3.8) is 0 Å². The quantitative estimate of drug-likeness (QED) is 0.799. The summed E-state index contributed by atoms with van der Waals surface area (Å²) in [5.74, 6) is -0.429. The van der Waals surface area contributed by atoms with Gasteiger partial charge in [0.2, 0.25) is 11.8 Å². The van der Waals surface area contributed by atoms with Crippen LogP contribution in [0.25, 0.3) is 0 Å². The van der Waals surface area contributed by atoms with Crippen molar-refractivity contribution in [2.24, 2.45) is 4.99 Å². The van der Waals surface area contributed by atoms with Crippen LogP contribution >= 0.6 is 15.9 Å². The summed E-state index contributed by atoms with van der Waals surface area (Å²) in [5, 5.41) is 2.38. The molecule has 2 amide bonds. The highest BCUT2D eigenvalue weighted by molar-refractivity contribution is 9.10. The summed E-state index contributed by atoms with van der Waals surface area (Å²) in [6.07, 6.45) is 2.62. The number of benzene rings is 1. The number of amides is 2. The third-order valence-corrected chi connectivity index (χ3v) is 4.19. The molecule has 2 heterocycles. The highest BCUT2D eigenvalue weighted by atomic mass is 79.9. The Morgan fingerprint density at radius 3 is 2.95 bits per heavy atom. The first kappa shape index (κ1) is 13.3. The smallest absolute Gasteiger partial charge is 0.249 e. The molecule has 0 aliphatic carbocycles. The molecule has 0 radical (unpaired) electrons. The van der Waals surface area contributed by atoms with Crippen LogP contribution in [-0.4, -0.2) is 29.1 Å². The number of piperidine rings is 1. The fourth-order valence-electron chi connectivity index (χ4n) is 2.63. The van der Waals surface area contributed by atoms with Gasteiger partial charge in [0.15, 0.2) is 0 Å². The van der Waals surface area contributed by atoms with Gasteiger partial charge < -0.3 is 4.90 Å². The number of rotatable bonds is 1. The van der Waals surface area contributed by atoms with E-state index in [0.29, 0.717) is 19.4 Å². The Morgan fingerprint density at radius 2 is 2.20 bits per heavy atom. The first-order valence-corrected chi connectivity index (χ1v) is 7.26. The second kappa shape index (κ2) is 5.01. The molecule has 0 bridgehead atoms. The van der Waals surface area contributed by atoms with Gasteiger partial charge in [-0.2, -0.15) is 0 Å². The van der Waals surface area contributed by atoms with Crippen molar-refractivity contribution < 1.29 is 9.59 Å². The van der Waals surface area contributed by atoms with E-state index in [4.69, 9.17) is 0 Å². The molecule has 1 fully saturated rings. The molecular weight excluding hydrogens is 322 g/mol. The number of nitrogens with one attached hydrogen (secondary N) is 1. The third-order valence-electron chi connectivity index (χ3n) is 3.59. The van der Waals surface area contributed by atoms with Gasteiger partial charge in [0.1, 0.15) is 6.04 Å². The molecule has 1 aromatic carbocycles. The Morgan fingerprint density at radius 1 is 1.40 bits per heavy atom. The lowest BCUT2D eigenvalue weighted by Crippen LogP contribution is -2.52. The zero-order chi connectivity index (χ0) is 14.3. The lowest BCUT2D eigenvalue weighted by molar-refractivity contribution is -0.136. The minimum atomic E-state index is -0.316. The van der Waals surface area contributed by atoms with Crippen LogP contribution in [0.15, 0.2) is 21.6 Å². The van der Waals surface area contributed by atoms with E-state index in [-0.39, 0.29) is 17.9 Å². The number of aryl methyl sites for hydroxylation is 1. The molecule has 20 heavy (non-hydrogen) atoms. The number of fused-ring (bicyclic) bond motifs is 1. The minimum absolute atomic E-state index is 0.195. The van der Waals surface area contributed by atoms with Gasteiger partial charge in [-0.25, -0.2) is 4.99 Å². The zero-order valence-electron chi connectivity index (χ0n) is 11.0. The van der Waals surface area contributed by atoms with Crippen LogP contribution in [0, 0.1) is 6.92 Å². The molecule has 6 heteroatoms. The number of carbonyl (C=O) groups excluding carboxylic acids is 2. The fraction of sp³-hybridized carbons (Fsp3) is 0.357. The topological polar surface area (TPSA) is 61.8 Å². The van der Waals surface area contributed by atoms with Gasteiger partial charge in [-0.3, -0.25) is 14.9 Å². The molecule has 3 rings (SSSR count). The van der Waals surface area contributed by atoms with Gasteiger partial charge >= 0.3 is 0 Å². The second-order valence-electron chi connectivity index (χ2n) is 5.14. The number of nitrogens with zero attached hydrogens (tertiary/aromatic N) is 2. The fourth-order valence-corrected chi connectivity index (χ4v) is 3.35. The summed E-state index contributed by atoms with van der Waals surface area (Å²) in [4.78, 5) is 29.4. The van der Waals surface area contributed by atoms with E-state index in [1.54, 1.807) is 6.34 Å². The molecular formula is C14H14BrN3O2. The number of hydrogen-bond donors (Lipinski definition) is 1. The summed E-state index contributed by atoms with van der Waals surface area (Å²) in [6, 6.07) is 3.79. The maximum atomic E-state index is 11.9. The normalized spacial score (nSPS) is 21.7. The number of carbonyl (C=O) groups is 2. The molecule has 104 valence electrons. The highest BCUT2D eigenvalue weighted by Gasteiger charge is 2.32. The summed E-state index contributed by atoms with van der Waals surface area (Å²) >= 11 is 3.51. The van der Waals surface area contributed by atoms with E-state index in [2.05, 4.69) is 32.3 Å². The Balaban J connectivity index is 1.86. The second-order valence-corrected chi connectivity index (χ2v) is 5.99. The van der Waals surface area contributed by atoms with Gasteiger partial charge in [-0.15, -0.1) is 0 Å². The number of aliphatic imine (C=N–C) groups is 1. The predicted molar refractivity (Wildman–Crippen MR) is 78.7 cm³/mol. The molecule has 1 N–H and O–H groups in total. The van der Waals surface area contributed by atoms with E-state index in [0.717, 1.165) is 21.3 Å². The summed E-state index contributed by atoms with van der Waals surface area (Å²) < 4.78 is 0.965. The summed E-state index contributed by atoms with van der Waals surface area (Å²) in [7, 11) is 0. The van der Waals surface area contributed by atoms with E-state index >= 15 is 0 Å². The van der Waals surface area contributed by atoms with Crippen LogP contribution in [0.4, 0.5) is 5.69 Å². The van der Waals surface area contributed by atoms with Crippen LogP contribution in [0.5, 0.6) is 0 Å². The van der Waals surface area contributed by atoms with Crippen LogP contribution in [-0.2, 0) is 16.1 Å². The van der Waals surface area contributed by atoms with Crippen LogP contribution in [0.1, 0.15) is 24.0 Å². The molecule has 0 saturated carbocycles. The van der Waals surface area contributed by atoms with Crippen molar-refractivity contribution in [2.45, 2.75) is 32.4 Å². The maximum Gasteiger partial charge on any atom is 0.249 e. The largest absolute Gasteiger partial charge is 0.346 e. The first-order chi connectivity index (χ1) is 9.54. The van der Waals surface area contributed by atoms with Crippen molar-refractivity contribution in [3.05, 3.63) is 27.7 Å². The Hall–Kier alpha value is -1.69. The molecule has 0 aromatic heterocycles. The zero-order valence-corrected chi connectivity index (χ0v) is 12.6. The Labute approximate surface area is 125 Å². The van der Waals surface area contributed by atoms with Crippen molar-refractivity contribution in [1.82, 2.24) is 10.2 Å². The number of hydrogen-bond acceptors (Lipinski definition) is 4. The molecule has 1 atom stereocenters.